The molecule has 2 atom stereocenters. The number of aromatic hydroxyl groups is 4. The molecule has 0 saturated carbocycles. The molecule has 4 aromatic carbocycles. The minimum absolute atomic E-state index is 0.0218. The second kappa shape index (κ2) is 11.0. The molecular weight excluding hydrogens is 684 g/mol. The zero-order valence-corrected chi connectivity index (χ0v) is 30.3. The van der Waals surface area contributed by atoms with Gasteiger partial charge in [-0.05, 0) is 64.1 Å². The number of nitrogens with zero attached hydrogens (tertiary/aromatic N) is 2. The summed E-state index contributed by atoms with van der Waals surface area (Å²) in [6.45, 7) is 6.72. The molecule has 6 aromatic rings. The Kier molecular flexibility index (Phi) is 7.04. The van der Waals surface area contributed by atoms with Crippen LogP contribution in [0.15, 0.2) is 46.0 Å². The van der Waals surface area contributed by atoms with Crippen LogP contribution in [0.5, 0.6) is 46.0 Å². The van der Waals surface area contributed by atoms with Crippen molar-refractivity contribution in [1.82, 2.24) is 9.13 Å². The molecule has 4 heterocycles. The number of ether oxygens (including phenoxy) is 4. The number of pyridine rings is 2. The molecule has 0 saturated heterocycles. The number of phenolic OH excluding ortho intramolecular Hbond substituents is 4. The Morgan fingerprint density at radius 2 is 1.32 bits per heavy atom. The minimum Gasteiger partial charge on any atom is -0.507 e. The van der Waals surface area contributed by atoms with Crippen molar-refractivity contribution < 1.29 is 44.5 Å². The molecule has 13 nitrogen and oxygen atoms in total. The highest BCUT2D eigenvalue weighted by atomic mass is 16.5. The molecule has 2 aliphatic heterocycles. The molecule has 0 unspecified atom stereocenters. The molecule has 53 heavy (non-hydrogen) atoms. The van der Waals surface area contributed by atoms with Crippen molar-refractivity contribution in [2.75, 3.05) is 14.2 Å². The molecule has 0 spiro atoms. The number of phenols is 4. The van der Waals surface area contributed by atoms with E-state index in [1.54, 1.807) is 29.3 Å². The summed E-state index contributed by atoms with van der Waals surface area (Å²) in [4.78, 5) is 28.8. The van der Waals surface area contributed by atoms with Gasteiger partial charge in [0.25, 0.3) is 0 Å². The number of aliphatic hydroxyl groups is 1. The number of hydrogen-bond acceptors (Lipinski definition) is 11. The highest BCUT2D eigenvalue weighted by Crippen LogP contribution is 2.58. The van der Waals surface area contributed by atoms with E-state index in [0.717, 1.165) is 0 Å². The van der Waals surface area contributed by atoms with Crippen LogP contribution < -0.4 is 29.8 Å². The van der Waals surface area contributed by atoms with E-state index in [1.807, 2.05) is 19.9 Å². The van der Waals surface area contributed by atoms with Crippen LogP contribution in [0.1, 0.15) is 50.3 Å². The van der Waals surface area contributed by atoms with Crippen molar-refractivity contribution in [3.8, 4) is 46.0 Å². The summed E-state index contributed by atoms with van der Waals surface area (Å²) in [5, 5.41) is 57.4. The lowest BCUT2D eigenvalue weighted by Crippen LogP contribution is -2.42. The summed E-state index contributed by atoms with van der Waals surface area (Å²) >= 11 is 0. The number of rotatable bonds is 4. The van der Waals surface area contributed by atoms with Crippen LogP contribution in [-0.2, 0) is 14.1 Å². The van der Waals surface area contributed by atoms with Crippen molar-refractivity contribution in [3.63, 3.8) is 0 Å². The maximum atomic E-state index is 14.6. The van der Waals surface area contributed by atoms with E-state index in [2.05, 4.69) is 0 Å². The van der Waals surface area contributed by atoms with Gasteiger partial charge in [-0.25, -0.2) is 0 Å². The van der Waals surface area contributed by atoms with Crippen LogP contribution in [0.2, 0.25) is 0 Å². The number of fused-ring (bicyclic) bond motifs is 8. The summed E-state index contributed by atoms with van der Waals surface area (Å²) in [6, 6.07) is 6.88. The lowest BCUT2D eigenvalue weighted by molar-refractivity contribution is -0.0302. The standard InChI is InChI=1S/C40H38N2O11/c1-39(2)14-13-18-28-27(33(47)17-10-12-19(43)36(50-7)29(17)41(28)5)34(48)26(35(18)53-39)25-24-22(52-38(25)40(3,4)49)15-21(45)23-31(24)42(6)30-16(32(23)46)9-11-20(44)37(30)51-8/h9-15,25,38,43-45,48-49H,1-8H3/t25-,38+/m0/s1. The Morgan fingerprint density at radius 1 is 0.774 bits per heavy atom. The second-order valence-electron chi connectivity index (χ2n) is 14.8. The summed E-state index contributed by atoms with van der Waals surface area (Å²) in [5.74, 6) is -1.94. The van der Waals surface area contributed by atoms with Crippen LogP contribution in [-0.4, -0.2) is 66.2 Å². The number of aromatic nitrogens is 2. The van der Waals surface area contributed by atoms with E-state index < -0.39 is 39.8 Å². The van der Waals surface area contributed by atoms with E-state index in [4.69, 9.17) is 18.9 Å². The molecule has 5 N–H and O–H groups in total. The highest BCUT2D eigenvalue weighted by Gasteiger charge is 2.50. The van der Waals surface area contributed by atoms with Crippen molar-refractivity contribution in [2.24, 2.45) is 14.1 Å². The average molecular weight is 723 g/mol. The predicted octanol–water partition coefficient (Wildman–Crippen LogP) is 5.38. The van der Waals surface area contributed by atoms with Gasteiger partial charge in [-0.2, -0.15) is 0 Å². The molecule has 13 heteroatoms. The predicted molar refractivity (Wildman–Crippen MR) is 199 cm³/mol. The average Bonchev–Trinajstić information content (AvgIpc) is 3.47. The van der Waals surface area contributed by atoms with Gasteiger partial charge < -0.3 is 53.6 Å². The molecule has 0 bridgehead atoms. The minimum atomic E-state index is -1.62. The van der Waals surface area contributed by atoms with Gasteiger partial charge in [0, 0.05) is 36.9 Å². The van der Waals surface area contributed by atoms with Crippen molar-refractivity contribution in [2.45, 2.75) is 50.9 Å². The van der Waals surface area contributed by atoms with Gasteiger partial charge in [0.1, 0.15) is 34.7 Å². The first kappa shape index (κ1) is 34.0. The lowest BCUT2D eigenvalue weighted by atomic mass is 9.78. The molecule has 0 fully saturated rings. The van der Waals surface area contributed by atoms with Gasteiger partial charge >= 0.3 is 0 Å². The Labute approximate surface area is 301 Å². The summed E-state index contributed by atoms with van der Waals surface area (Å²) in [6.07, 6.45) is 2.45. The lowest BCUT2D eigenvalue weighted by Gasteiger charge is -2.35. The van der Waals surface area contributed by atoms with Crippen LogP contribution in [0.4, 0.5) is 0 Å². The maximum Gasteiger partial charge on any atom is 0.201 e. The van der Waals surface area contributed by atoms with Crippen LogP contribution in [0, 0.1) is 0 Å². The van der Waals surface area contributed by atoms with E-state index in [9.17, 15) is 35.1 Å². The van der Waals surface area contributed by atoms with Crippen LogP contribution in [0.3, 0.4) is 0 Å². The Hall–Kier alpha value is -6.08. The molecule has 0 radical (unpaired) electrons. The van der Waals surface area contributed by atoms with E-state index >= 15 is 0 Å². The molecule has 0 amide bonds. The third-order valence-corrected chi connectivity index (χ3v) is 10.6. The number of methoxy groups -OCH3 is 2. The first-order chi connectivity index (χ1) is 24.9. The first-order valence-electron chi connectivity index (χ1n) is 16.9. The fourth-order valence-corrected chi connectivity index (χ4v) is 8.31. The first-order valence-corrected chi connectivity index (χ1v) is 16.9. The van der Waals surface area contributed by atoms with Gasteiger partial charge in [-0.3, -0.25) is 9.59 Å². The fourth-order valence-electron chi connectivity index (χ4n) is 8.31. The number of hydrogen-bond donors (Lipinski definition) is 5. The van der Waals surface area contributed by atoms with Gasteiger partial charge in [-0.1, -0.05) is 0 Å². The Morgan fingerprint density at radius 3 is 1.87 bits per heavy atom. The van der Waals surface area contributed by atoms with Crippen molar-refractivity contribution in [3.05, 3.63) is 73.5 Å². The zero-order chi connectivity index (χ0) is 38.2. The molecule has 2 aromatic heterocycles. The normalized spacial score (nSPS) is 17.6. The second-order valence-corrected chi connectivity index (χ2v) is 14.8. The monoisotopic (exact) mass is 722 g/mol. The summed E-state index contributed by atoms with van der Waals surface area (Å²) in [5.41, 5.74) is -1.79. The molecule has 2 aliphatic rings. The van der Waals surface area contributed by atoms with Crippen molar-refractivity contribution in [1.29, 1.82) is 0 Å². The summed E-state index contributed by atoms with van der Waals surface area (Å²) < 4.78 is 27.5. The van der Waals surface area contributed by atoms with Crippen LogP contribution >= 0.6 is 0 Å². The van der Waals surface area contributed by atoms with Crippen molar-refractivity contribution >= 4 is 49.7 Å². The van der Waals surface area contributed by atoms with E-state index in [-0.39, 0.29) is 78.4 Å². The molecule has 0 aliphatic carbocycles. The SMILES string of the molecule is COc1c(O)ccc2c(=O)c3c(O)c([C@@H]4c5c(cc(O)c6c(=O)c7ccc(O)c(OC)c7n(C)c56)O[C@H]4C(C)(C)O)c4c(c3n(C)c12)C=CC(C)(C)O4. The maximum absolute atomic E-state index is 14.6. The zero-order valence-electron chi connectivity index (χ0n) is 30.3. The quantitative estimate of drug-likeness (QED) is 0.147. The Balaban J connectivity index is 1.61. The van der Waals surface area contributed by atoms with Crippen LogP contribution in [0.25, 0.3) is 49.7 Å². The smallest absolute Gasteiger partial charge is 0.201 e. The fraction of sp³-hybridized carbons (Fsp3) is 0.300. The van der Waals surface area contributed by atoms with E-state index in [1.165, 1.54) is 58.4 Å². The van der Waals surface area contributed by atoms with Gasteiger partial charge in [0.2, 0.25) is 10.9 Å². The number of benzene rings is 4. The summed E-state index contributed by atoms with van der Waals surface area (Å²) in [7, 11) is 6.07. The van der Waals surface area contributed by atoms with Gasteiger partial charge in [0.15, 0.2) is 23.0 Å². The largest absolute Gasteiger partial charge is 0.507 e. The molecule has 274 valence electrons. The molecule has 8 rings (SSSR count). The van der Waals surface area contributed by atoms with E-state index in [0.29, 0.717) is 22.2 Å². The van der Waals surface area contributed by atoms with Gasteiger partial charge in [0.05, 0.1) is 69.4 Å². The molecular formula is C40H38N2O11. The third kappa shape index (κ3) is 4.46. The Bertz CT molecular complexity index is 2790. The van der Waals surface area contributed by atoms with Gasteiger partial charge in [-0.15, -0.1) is 0 Å². The third-order valence-electron chi connectivity index (χ3n) is 10.6. The number of aryl methyl sites for hydroxylation is 2. The topological polar surface area (TPSA) is 182 Å². The highest BCUT2D eigenvalue weighted by molar-refractivity contribution is 6.06.